The van der Waals surface area contributed by atoms with E-state index in [0.717, 1.165) is 10.0 Å². The zero-order chi connectivity index (χ0) is 20.9. The van der Waals surface area contributed by atoms with E-state index in [4.69, 9.17) is 23.2 Å². The zero-order valence-corrected chi connectivity index (χ0v) is 18.8. The van der Waals surface area contributed by atoms with Crippen LogP contribution in [0.3, 0.4) is 0 Å². The lowest BCUT2D eigenvalue weighted by Crippen LogP contribution is -2.41. The van der Waals surface area contributed by atoms with E-state index in [0.29, 0.717) is 15.7 Å². The lowest BCUT2D eigenvalue weighted by atomic mass is 9.92. The van der Waals surface area contributed by atoms with Gasteiger partial charge in [-0.1, -0.05) is 51.3 Å². The molecule has 1 aliphatic heterocycles. The third-order valence-corrected chi connectivity index (χ3v) is 6.40. The number of carbonyl (C=O) groups excluding carboxylic acids is 1. The van der Waals surface area contributed by atoms with E-state index in [9.17, 15) is 13.6 Å². The van der Waals surface area contributed by atoms with Gasteiger partial charge in [0.2, 0.25) is 5.95 Å². The zero-order valence-electron chi connectivity index (χ0n) is 14.9. The number of anilines is 2. The fourth-order valence-corrected chi connectivity index (χ4v) is 4.90. The maximum absolute atomic E-state index is 13.6. The number of amides is 1. The van der Waals surface area contributed by atoms with Crippen molar-refractivity contribution in [2.24, 2.45) is 0 Å². The first-order valence-electron chi connectivity index (χ1n) is 8.43. The number of hydrogen-bond donors (Lipinski definition) is 0. The Morgan fingerprint density at radius 3 is 2.38 bits per heavy atom. The van der Waals surface area contributed by atoms with E-state index in [1.54, 1.807) is 25.1 Å². The van der Waals surface area contributed by atoms with E-state index in [-0.39, 0.29) is 23.3 Å². The minimum atomic E-state index is -2.57. The van der Waals surface area contributed by atoms with Crippen LogP contribution in [0.5, 0.6) is 0 Å². The number of rotatable bonds is 4. The van der Waals surface area contributed by atoms with Gasteiger partial charge in [0, 0.05) is 20.9 Å². The highest BCUT2D eigenvalue weighted by Crippen LogP contribution is 2.44. The fourth-order valence-electron chi connectivity index (χ4n) is 3.55. The maximum Gasteiger partial charge on any atom is 0.260 e. The number of fused-ring (bicyclic) bond motifs is 1. The highest BCUT2D eigenvalue weighted by atomic mass is 79.9. The average molecular weight is 514 g/mol. The molecule has 0 N–H and O–H groups in total. The normalized spacial score (nSPS) is 19.5. The summed E-state index contributed by atoms with van der Waals surface area (Å²) in [5.74, 6) is -0.124. The van der Waals surface area contributed by atoms with E-state index >= 15 is 0 Å². The van der Waals surface area contributed by atoms with Gasteiger partial charge in [-0.15, -0.1) is 0 Å². The Morgan fingerprint density at radius 1 is 1.17 bits per heavy atom. The summed E-state index contributed by atoms with van der Waals surface area (Å²) >= 11 is 13.1. The summed E-state index contributed by atoms with van der Waals surface area (Å²) in [6.07, 6.45) is 1.52. The molecule has 10 heteroatoms. The Hall–Kier alpha value is -1.71. The molecule has 2 aromatic carbocycles. The summed E-state index contributed by atoms with van der Waals surface area (Å²) in [6, 6.07) is 12.2. The molecule has 2 unspecified atom stereocenters. The van der Waals surface area contributed by atoms with E-state index in [2.05, 4.69) is 20.9 Å². The molecule has 0 spiro atoms. The van der Waals surface area contributed by atoms with Crippen LogP contribution in [-0.2, 0) is 27.8 Å². The first-order chi connectivity index (χ1) is 13.7. The molecule has 4 rings (SSSR count). The smallest absolute Gasteiger partial charge is 0.260 e. The molecule has 0 aliphatic carbocycles. The summed E-state index contributed by atoms with van der Waals surface area (Å²) in [5, 5.41) is 0.642. The van der Waals surface area contributed by atoms with Gasteiger partial charge in [-0.2, -0.15) is 0 Å². The van der Waals surface area contributed by atoms with Crippen molar-refractivity contribution in [3.05, 3.63) is 68.7 Å². The van der Waals surface area contributed by atoms with Crippen molar-refractivity contribution in [2.45, 2.75) is 23.9 Å². The fraction of sp³-hybridized carbons (Fsp3) is 0.158. The predicted molar refractivity (Wildman–Crippen MR) is 115 cm³/mol. The van der Waals surface area contributed by atoms with Gasteiger partial charge in [0.25, 0.3) is 5.91 Å². The molecule has 1 aromatic heterocycles. The minimum Gasteiger partial charge on any atom is -0.767 e. The van der Waals surface area contributed by atoms with Crippen LogP contribution in [0.4, 0.5) is 11.6 Å². The number of hydrogen-bond acceptors (Lipinski definition) is 4. The van der Waals surface area contributed by atoms with Crippen LogP contribution in [0, 0.1) is 0 Å². The summed E-state index contributed by atoms with van der Waals surface area (Å²) in [5.41, 5.74) is 0.0866. The highest BCUT2D eigenvalue weighted by molar-refractivity contribution is 9.10. The minimum absolute atomic E-state index is 0.0661. The molecule has 1 amide bonds. The molecule has 0 radical (unpaired) electrons. The SMILES string of the molecule is CC1(Cc2ccc(Br)cc2)C(=O)N(c2cc(Cl)cc(Cl)c2)c2ncc(S(=O)[O-])n21. The van der Waals surface area contributed by atoms with Crippen LogP contribution in [0.2, 0.25) is 10.0 Å². The van der Waals surface area contributed by atoms with Crippen molar-refractivity contribution in [3.8, 4) is 0 Å². The Kier molecular flexibility index (Phi) is 5.33. The lowest BCUT2D eigenvalue weighted by Gasteiger charge is -2.27. The number of halogens is 3. The second-order valence-corrected chi connectivity index (χ2v) is 9.49. The second-order valence-electron chi connectivity index (χ2n) is 6.81. The van der Waals surface area contributed by atoms with Crippen LogP contribution in [-0.4, -0.2) is 24.2 Å². The molecular formula is C19H13BrCl2N3O3S-. The largest absolute Gasteiger partial charge is 0.767 e. The molecule has 2 atom stereocenters. The first kappa shape index (κ1) is 20.6. The number of benzene rings is 2. The van der Waals surface area contributed by atoms with Crippen molar-refractivity contribution in [2.75, 3.05) is 4.90 Å². The van der Waals surface area contributed by atoms with Crippen molar-refractivity contribution in [1.29, 1.82) is 0 Å². The van der Waals surface area contributed by atoms with E-state index in [1.807, 2.05) is 24.3 Å². The molecule has 29 heavy (non-hydrogen) atoms. The van der Waals surface area contributed by atoms with Gasteiger partial charge in [-0.25, -0.2) is 9.88 Å². The highest BCUT2D eigenvalue weighted by Gasteiger charge is 2.50. The van der Waals surface area contributed by atoms with Crippen LogP contribution >= 0.6 is 39.1 Å². The summed E-state index contributed by atoms with van der Waals surface area (Å²) in [6.45, 7) is 1.70. The molecule has 2 heterocycles. The lowest BCUT2D eigenvalue weighted by molar-refractivity contribution is -0.124. The third-order valence-electron chi connectivity index (χ3n) is 4.81. The van der Waals surface area contributed by atoms with Crippen LogP contribution in [0.1, 0.15) is 12.5 Å². The van der Waals surface area contributed by atoms with E-state index < -0.39 is 16.6 Å². The predicted octanol–water partition coefficient (Wildman–Crippen LogP) is 4.83. The van der Waals surface area contributed by atoms with Crippen LogP contribution < -0.4 is 4.90 Å². The molecule has 3 aromatic rings. The Morgan fingerprint density at radius 2 is 1.79 bits per heavy atom. The average Bonchev–Trinajstić information content (AvgIpc) is 3.16. The number of imidazole rings is 1. The van der Waals surface area contributed by atoms with E-state index in [1.165, 1.54) is 15.7 Å². The molecule has 150 valence electrons. The molecule has 0 fully saturated rings. The van der Waals surface area contributed by atoms with Crippen molar-refractivity contribution < 1.29 is 13.6 Å². The van der Waals surface area contributed by atoms with Crippen molar-refractivity contribution >= 4 is 67.8 Å². The molecule has 0 saturated carbocycles. The molecule has 0 bridgehead atoms. The number of nitrogens with zero attached hydrogens (tertiary/aromatic N) is 3. The second kappa shape index (κ2) is 7.52. The van der Waals surface area contributed by atoms with Gasteiger partial charge in [0.05, 0.1) is 11.9 Å². The summed E-state index contributed by atoms with van der Waals surface area (Å²) in [7, 11) is 0. The third kappa shape index (κ3) is 3.53. The number of carbonyl (C=O) groups is 1. The van der Waals surface area contributed by atoms with Crippen LogP contribution in [0.15, 0.2) is 58.2 Å². The van der Waals surface area contributed by atoms with Crippen molar-refractivity contribution in [1.82, 2.24) is 9.55 Å². The molecule has 6 nitrogen and oxygen atoms in total. The van der Waals surface area contributed by atoms with Crippen LogP contribution in [0.25, 0.3) is 0 Å². The van der Waals surface area contributed by atoms with Crippen molar-refractivity contribution in [3.63, 3.8) is 0 Å². The topological polar surface area (TPSA) is 78.3 Å². The van der Waals surface area contributed by atoms with Gasteiger partial charge >= 0.3 is 0 Å². The first-order valence-corrected chi connectivity index (χ1v) is 11.1. The monoisotopic (exact) mass is 512 g/mol. The molecule has 1 aliphatic rings. The Balaban J connectivity index is 1.89. The van der Waals surface area contributed by atoms with Gasteiger partial charge < -0.3 is 4.55 Å². The standard InChI is InChI=1S/C19H14BrCl2N3O3S/c1-19(9-11-2-4-12(20)5-3-11)17(26)24(15-7-13(21)6-14(22)8-15)18-23-10-16(25(18)19)29(27)28/h2-8,10H,9H2,1H3,(H,27,28)/p-1. The quantitative estimate of drug-likeness (QED) is 0.468. The number of aromatic nitrogens is 2. The van der Waals surface area contributed by atoms with Gasteiger partial charge in [-0.05, 0) is 53.9 Å². The van der Waals surface area contributed by atoms with Gasteiger partial charge in [-0.3, -0.25) is 13.6 Å². The Labute approximate surface area is 187 Å². The maximum atomic E-state index is 13.6. The van der Waals surface area contributed by atoms with Gasteiger partial charge in [0.15, 0.2) is 0 Å². The molecular weight excluding hydrogens is 501 g/mol. The Bertz CT molecular complexity index is 1130. The summed E-state index contributed by atoms with van der Waals surface area (Å²) in [4.78, 5) is 19.2. The molecule has 0 saturated heterocycles. The summed E-state index contributed by atoms with van der Waals surface area (Å²) < 4.78 is 26.0. The van der Waals surface area contributed by atoms with Gasteiger partial charge in [0.1, 0.15) is 10.6 Å².